The fourth-order valence-electron chi connectivity index (χ4n) is 2.98. The van der Waals surface area contributed by atoms with E-state index in [1.807, 2.05) is 0 Å². The van der Waals surface area contributed by atoms with E-state index in [1.165, 1.54) is 15.5 Å². The topological polar surface area (TPSA) is 215 Å². The first-order valence-corrected chi connectivity index (χ1v) is 9.92. The second-order valence-corrected chi connectivity index (χ2v) is 7.93. The summed E-state index contributed by atoms with van der Waals surface area (Å²) in [5.74, 6) is -0.127. The standard InChI is InChI=1S/C13H22N7O7P/c1-19-5-20(10-7(19)11(23)18-13(15)17-10)12-9(22)8(21)6(27-12)4-26-28(24,25)16-3-2-14/h5-6,8-9,12,21-22H,2-4,14H2,1H3,(H4-,15,16,17,18,23,24,25)/p+1. The Hall–Kier alpha value is -1.90. The molecule has 3 rings (SSSR count). The minimum absolute atomic E-state index is 0.0562. The molecule has 14 nitrogen and oxygen atoms in total. The molecule has 0 aliphatic carbocycles. The smallest absolute Gasteiger partial charge is 0.387 e. The summed E-state index contributed by atoms with van der Waals surface area (Å²) in [5, 5.41) is 22.9. The Bertz CT molecular complexity index is 963. The summed E-state index contributed by atoms with van der Waals surface area (Å²) in [6.45, 7) is -0.285. The van der Waals surface area contributed by atoms with Crippen LogP contribution in [0, 0.1) is 0 Å². The first-order chi connectivity index (χ1) is 13.1. The summed E-state index contributed by atoms with van der Waals surface area (Å²) < 4.78 is 25.1. The number of nitrogens with zero attached hydrogens (tertiary/aromatic N) is 3. The van der Waals surface area contributed by atoms with Crippen LogP contribution in [-0.4, -0.2) is 67.6 Å². The molecule has 5 unspecified atom stereocenters. The number of hydrogen-bond acceptors (Lipinski definition) is 9. The van der Waals surface area contributed by atoms with Crippen molar-refractivity contribution in [2.24, 2.45) is 12.8 Å². The molecule has 0 aromatic carbocycles. The van der Waals surface area contributed by atoms with E-state index in [4.69, 9.17) is 20.7 Å². The number of nitrogen functional groups attached to an aromatic ring is 1. The van der Waals surface area contributed by atoms with E-state index in [9.17, 15) is 24.5 Å². The highest BCUT2D eigenvalue weighted by molar-refractivity contribution is 7.50. The van der Waals surface area contributed by atoms with Crippen LogP contribution in [0.5, 0.6) is 0 Å². The Kier molecular flexibility index (Phi) is 5.84. The highest BCUT2D eigenvalue weighted by Crippen LogP contribution is 2.38. The zero-order valence-electron chi connectivity index (χ0n) is 14.9. The molecule has 0 spiro atoms. The van der Waals surface area contributed by atoms with Crippen LogP contribution in [0.3, 0.4) is 0 Å². The summed E-state index contributed by atoms with van der Waals surface area (Å²) in [7, 11) is -2.54. The van der Waals surface area contributed by atoms with Gasteiger partial charge in [0.15, 0.2) is 6.33 Å². The number of aryl methyl sites for hydroxylation is 1. The van der Waals surface area contributed by atoms with Crippen molar-refractivity contribution in [1.29, 1.82) is 0 Å². The quantitative estimate of drug-likeness (QED) is 0.172. The third kappa shape index (κ3) is 3.94. The highest BCUT2D eigenvalue weighted by atomic mass is 31.2. The number of aromatic amines is 1. The molecule has 0 saturated carbocycles. The van der Waals surface area contributed by atoms with E-state index in [0.717, 1.165) is 0 Å². The van der Waals surface area contributed by atoms with Gasteiger partial charge in [-0.15, -0.1) is 0 Å². The van der Waals surface area contributed by atoms with Crippen LogP contribution in [-0.2, 0) is 20.9 Å². The molecule has 1 fully saturated rings. The molecule has 0 bridgehead atoms. The van der Waals surface area contributed by atoms with Crippen LogP contribution < -0.4 is 26.7 Å². The number of ether oxygens (including phenoxy) is 1. The van der Waals surface area contributed by atoms with Crippen molar-refractivity contribution in [2.75, 3.05) is 25.4 Å². The third-order valence-electron chi connectivity index (χ3n) is 4.27. The van der Waals surface area contributed by atoms with Gasteiger partial charge in [-0.25, -0.2) is 14.2 Å². The van der Waals surface area contributed by atoms with Gasteiger partial charge in [-0.1, -0.05) is 4.98 Å². The largest absolute Gasteiger partial charge is 0.403 e. The zero-order valence-corrected chi connectivity index (χ0v) is 15.8. The molecule has 1 aliphatic heterocycles. The number of H-pyrrole nitrogens is 1. The molecule has 5 atom stereocenters. The number of aliphatic hydroxyl groups excluding tert-OH is 2. The van der Waals surface area contributed by atoms with Crippen molar-refractivity contribution in [2.45, 2.75) is 24.5 Å². The Morgan fingerprint density at radius 2 is 2.21 bits per heavy atom. The maximum Gasteiger partial charge on any atom is 0.403 e. The number of aromatic nitrogens is 4. The van der Waals surface area contributed by atoms with E-state index in [2.05, 4.69) is 15.1 Å². The van der Waals surface area contributed by atoms with Crippen LogP contribution in [0.1, 0.15) is 6.23 Å². The van der Waals surface area contributed by atoms with Gasteiger partial charge in [0.1, 0.15) is 18.3 Å². The second-order valence-electron chi connectivity index (χ2n) is 6.32. The van der Waals surface area contributed by atoms with Gasteiger partial charge in [0.05, 0.1) is 13.7 Å². The number of rotatable bonds is 7. The summed E-state index contributed by atoms with van der Waals surface area (Å²) in [6, 6.07) is 0. The zero-order chi connectivity index (χ0) is 20.6. The third-order valence-corrected chi connectivity index (χ3v) is 5.39. The Morgan fingerprint density at radius 3 is 2.89 bits per heavy atom. The molecule has 156 valence electrons. The molecule has 9 N–H and O–H groups in total. The molecule has 2 aromatic heterocycles. The van der Waals surface area contributed by atoms with Crippen molar-refractivity contribution >= 4 is 24.9 Å². The maximum atomic E-state index is 12.1. The van der Waals surface area contributed by atoms with Crippen molar-refractivity contribution in [3.05, 3.63) is 16.7 Å². The number of anilines is 1. The van der Waals surface area contributed by atoms with E-state index < -0.39 is 44.5 Å². The SMILES string of the molecule is Cn1c[n+](C2OC(COP(=O)(O)NCCN)C(O)C2O)c2nc(N)[nH]c(=O)c21. The average Bonchev–Trinajstić information content (AvgIpc) is 3.09. The molecule has 0 amide bonds. The van der Waals surface area contributed by atoms with Gasteiger partial charge in [-0.2, -0.15) is 0 Å². The van der Waals surface area contributed by atoms with Gasteiger partial charge in [-0.3, -0.25) is 18.9 Å². The average molecular weight is 420 g/mol. The molecule has 2 aromatic rings. The molecule has 3 heterocycles. The van der Waals surface area contributed by atoms with Crippen molar-refractivity contribution in [1.82, 2.24) is 19.6 Å². The Morgan fingerprint density at radius 1 is 1.50 bits per heavy atom. The van der Waals surface area contributed by atoms with Gasteiger partial charge in [0, 0.05) is 13.1 Å². The van der Waals surface area contributed by atoms with E-state index in [1.54, 1.807) is 7.05 Å². The Balaban J connectivity index is 1.83. The minimum Gasteiger partial charge on any atom is -0.387 e. The van der Waals surface area contributed by atoms with Crippen molar-refractivity contribution < 1.29 is 33.5 Å². The monoisotopic (exact) mass is 420 g/mol. The molecular weight excluding hydrogens is 397 g/mol. The number of nitrogens with two attached hydrogens (primary N) is 2. The van der Waals surface area contributed by atoms with Crippen LogP contribution >= 0.6 is 7.75 Å². The van der Waals surface area contributed by atoms with Gasteiger partial charge < -0.3 is 31.3 Å². The van der Waals surface area contributed by atoms with E-state index in [0.29, 0.717) is 0 Å². The lowest BCUT2D eigenvalue weighted by molar-refractivity contribution is -0.745. The molecule has 15 heteroatoms. The maximum absolute atomic E-state index is 12.1. The summed E-state index contributed by atoms with van der Waals surface area (Å²) >= 11 is 0. The van der Waals surface area contributed by atoms with Crippen LogP contribution in [0.15, 0.2) is 11.1 Å². The van der Waals surface area contributed by atoms with Crippen LogP contribution in [0.4, 0.5) is 5.95 Å². The highest BCUT2D eigenvalue weighted by Gasteiger charge is 2.47. The van der Waals surface area contributed by atoms with Crippen LogP contribution in [0.25, 0.3) is 11.2 Å². The van der Waals surface area contributed by atoms with Gasteiger partial charge in [0.25, 0.3) is 11.5 Å². The summed E-state index contributed by atoms with van der Waals surface area (Å²) in [4.78, 5) is 28.2. The second kappa shape index (κ2) is 7.85. The number of aliphatic hydroxyl groups is 2. The molecule has 0 radical (unpaired) electrons. The van der Waals surface area contributed by atoms with Crippen LogP contribution in [0.2, 0.25) is 0 Å². The normalized spacial score (nSPS) is 27.3. The molecule has 1 saturated heterocycles. The number of fused-ring (bicyclic) bond motifs is 1. The van der Waals surface area contributed by atoms with E-state index >= 15 is 0 Å². The number of imidazole rings is 1. The minimum atomic E-state index is -4.14. The lowest BCUT2D eigenvalue weighted by Crippen LogP contribution is -2.46. The fraction of sp³-hybridized carbons (Fsp3) is 0.615. The Labute approximate surface area is 158 Å². The lowest BCUT2D eigenvalue weighted by Gasteiger charge is -2.17. The fourth-order valence-corrected chi connectivity index (χ4v) is 3.83. The van der Waals surface area contributed by atoms with Crippen molar-refractivity contribution in [3.8, 4) is 0 Å². The predicted octanol–water partition coefficient (Wildman–Crippen LogP) is -3.58. The predicted molar refractivity (Wildman–Crippen MR) is 94.7 cm³/mol. The number of nitrogens with one attached hydrogen (secondary N) is 2. The molecule has 28 heavy (non-hydrogen) atoms. The van der Waals surface area contributed by atoms with E-state index in [-0.39, 0.29) is 30.2 Å². The summed E-state index contributed by atoms with van der Waals surface area (Å²) in [6.07, 6.45) is -3.61. The first kappa shape index (κ1) is 20.8. The molecular formula is C13H23N7O7P+. The summed E-state index contributed by atoms with van der Waals surface area (Å²) in [5.41, 5.74) is 10.7. The van der Waals surface area contributed by atoms with Gasteiger partial charge in [-0.05, 0) is 0 Å². The lowest BCUT2D eigenvalue weighted by atomic mass is 10.1. The molecule has 1 aliphatic rings. The number of hydrogen-bond donors (Lipinski definition) is 7. The van der Waals surface area contributed by atoms with Gasteiger partial charge >= 0.3 is 13.4 Å². The van der Waals surface area contributed by atoms with Gasteiger partial charge in [0.2, 0.25) is 11.7 Å². The van der Waals surface area contributed by atoms with Crippen molar-refractivity contribution in [3.63, 3.8) is 0 Å². The first-order valence-electron chi connectivity index (χ1n) is 8.34.